The maximum absolute atomic E-state index is 12.4. The minimum Gasteiger partial charge on any atom is -0.258 e. The van der Waals surface area contributed by atoms with E-state index >= 15 is 0 Å². The van der Waals surface area contributed by atoms with E-state index in [9.17, 15) is 31.7 Å². The van der Waals surface area contributed by atoms with Crippen molar-refractivity contribution < 1.29 is 26.5 Å². The first-order valence-corrected chi connectivity index (χ1v) is 6.33. The SMILES string of the molecule is CCS(=O)(=O)c1ccc(C(F)(F)F)cc1[N+](=O)[O-]. The first-order valence-electron chi connectivity index (χ1n) is 4.68. The van der Waals surface area contributed by atoms with E-state index in [1.54, 1.807) is 0 Å². The second-order valence-electron chi connectivity index (χ2n) is 3.34. The zero-order valence-electron chi connectivity index (χ0n) is 9.06. The normalized spacial score (nSPS) is 12.4. The van der Waals surface area contributed by atoms with Crippen LogP contribution in [0.2, 0.25) is 0 Å². The molecule has 0 aliphatic rings. The molecule has 0 atom stereocenters. The van der Waals surface area contributed by atoms with Crippen LogP contribution in [0.25, 0.3) is 0 Å². The van der Waals surface area contributed by atoms with E-state index in [-0.39, 0.29) is 6.07 Å². The summed E-state index contributed by atoms with van der Waals surface area (Å²) in [5, 5.41) is 10.6. The molecule has 0 amide bonds. The molecule has 9 heteroatoms. The Morgan fingerprint density at radius 3 is 2.28 bits per heavy atom. The third kappa shape index (κ3) is 2.78. The van der Waals surface area contributed by atoms with Crippen molar-refractivity contribution in [2.45, 2.75) is 18.0 Å². The number of hydrogen-bond acceptors (Lipinski definition) is 4. The van der Waals surface area contributed by atoms with Crippen LogP contribution < -0.4 is 0 Å². The molecule has 0 saturated carbocycles. The third-order valence-corrected chi connectivity index (χ3v) is 3.97. The van der Waals surface area contributed by atoms with Crippen molar-refractivity contribution in [3.05, 3.63) is 33.9 Å². The summed E-state index contributed by atoms with van der Waals surface area (Å²) in [6.07, 6.45) is -4.76. The number of benzene rings is 1. The summed E-state index contributed by atoms with van der Waals surface area (Å²) in [4.78, 5) is 8.79. The molecule has 1 rings (SSSR count). The molecule has 0 radical (unpaired) electrons. The topological polar surface area (TPSA) is 77.3 Å². The van der Waals surface area contributed by atoms with Crippen molar-refractivity contribution in [2.24, 2.45) is 0 Å². The standard InChI is InChI=1S/C9H8F3NO4S/c1-2-18(16,17)8-4-3-6(9(10,11)12)5-7(8)13(14)15/h3-5H,2H2,1H3. The van der Waals surface area contributed by atoms with Crippen LogP contribution in [0.15, 0.2) is 23.1 Å². The van der Waals surface area contributed by atoms with Crippen LogP contribution >= 0.6 is 0 Å². The monoisotopic (exact) mass is 283 g/mol. The van der Waals surface area contributed by atoms with E-state index in [4.69, 9.17) is 0 Å². The van der Waals surface area contributed by atoms with Crippen molar-refractivity contribution >= 4 is 15.5 Å². The van der Waals surface area contributed by atoms with Crippen LogP contribution in [-0.2, 0) is 16.0 Å². The van der Waals surface area contributed by atoms with Gasteiger partial charge in [-0.2, -0.15) is 13.2 Å². The quantitative estimate of drug-likeness (QED) is 0.630. The summed E-state index contributed by atoms with van der Waals surface area (Å²) in [6.45, 7) is 1.25. The van der Waals surface area contributed by atoms with E-state index in [1.165, 1.54) is 6.92 Å². The van der Waals surface area contributed by atoms with Gasteiger partial charge in [-0.25, -0.2) is 8.42 Å². The second-order valence-corrected chi connectivity index (χ2v) is 5.59. The van der Waals surface area contributed by atoms with Crippen molar-refractivity contribution in [1.82, 2.24) is 0 Å². The molecule has 0 aliphatic carbocycles. The van der Waals surface area contributed by atoms with Gasteiger partial charge < -0.3 is 0 Å². The fourth-order valence-electron chi connectivity index (χ4n) is 1.25. The molecule has 1 aromatic carbocycles. The minimum atomic E-state index is -4.76. The fraction of sp³-hybridized carbons (Fsp3) is 0.333. The highest BCUT2D eigenvalue weighted by Gasteiger charge is 2.34. The Morgan fingerprint density at radius 1 is 1.33 bits per heavy atom. The molecule has 0 unspecified atom stereocenters. The Labute approximate surface area is 100 Å². The molecule has 0 saturated heterocycles. The lowest BCUT2D eigenvalue weighted by Crippen LogP contribution is -2.10. The van der Waals surface area contributed by atoms with E-state index in [1.807, 2.05) is 0 Å². The van der Waals surface area contributed by atoms with E-state index in [2.05, 4.69) is 0 Å². The molecule has 1 aromatic rings. The maximum atomic E-state index is 12.4. The summed E-state index contributed by atoms with van der Waals surface area (Å²) in [5.41, 5.74) is -2.32. The molecule has 0 aromatic heterocycles. The lowest BCUT2D eigenvalue weighted by atomic mass is 10.2. The van der Waals surface area contributed by atoms with Gasteiger partial charge in [-0.05, 0) is 12.1 Å². The highest BCUT2D eigenvalue weighted by molar-refractivity contribution is 7.91. The number of nitrogens with zero attached hydrogens (tertiary/aromatic N) is 1. The van der Waals surface area contributed by atoms with Crippen LogP contribution in [0.4, 0.5) is 18.9 Å². The van der Waals surface area contributed by atoms with Gasteiger partial charge in [0, 0.05) is 6.07 Å². The third-order valence-electron chi connectivity index (χ3n) is 2.20. The van der Waals surface area contributed by atoms with Gasteiger partial charge in [0.05, 0.1) is 16.2 Å². The summed E-state index contributed by atoms with van der Waals surface area (Å²) >= 11 is 0. The van der Waals surface area contributed by atoms with Gasteiger partial charge in [0.2, 0.25) is 0 Å². The van der Waals surface area contributed by atoms with Gasteiger partial charge in [0.15, 0.2) is 9.84 Å². The van der Waals surface area contributed by atoms with Crippen molar-refractivity contribution in [1.29, 1.82) is 0 Å². The Kier molecular flexibility index (Phi) is 3.65. The van der Waals surface area contributed by atoms with E-state index in [0.29, 0.717) is 12.1 Å². The van der Waals surface area contributed by atoms with Crippen LogP contribution in [0.1, 0.15) is 12.5 Å². The van der Waals surface area contributed by atoms with Crippen molar-refractivity contribution in [2.75, 3.05) is 5.75 Å². The molecule has 0 heterocycles. The average Bonchev–Trinajstić information content (AvgIpc) is 2.27. The van der Waals surface area contributed by atoms with Gasteiger partial charge in [0.1, 0.15) is 4.90 Å². The second kappa shape index (κ2) is 4.56. The molecule has 18 heavy (non-hydrogen) atoms. The van der Waals surface area contributed by atoms with Gasteiger partial charge in [-0.3, -0.25) is 10.1 Å². The van der Waals surface area contributed by atoms with E-state index < -0.39 is 42.8 Å². The molecule has 0 aliphatic heterocycles. The summed E-state index contributed by atoms with van der Waals surface area (Å²) < 4.78 is 60.1. The van der Waals surface area contributed by atoms with Crippen LogP contribution in [0.3, 0.4) is 0 Å². The highest BCUT2D eigenvalue weighted by Crippen LogP contribution is 2.34. The van der Waals surface area contributed by atoms with E-state index in [0.717, 1.165) is 0 Å². The number of halogens is 3. The number of rotatable bonds is 3. The lowest BCUT2D eigenvalue weighted by molar-refractivity contribution is -0.388. The first-order chi connectivity index (χ1) is 8.09. The highest BCUT2D eigenvalue weighted by atomic mass is 32.2. The van der Waals surface area contributed by atoms with Crippen LogP contribution in [-0.4, -0.2) is 19.1 Å². The smallest absolute Gasteiger partial charge is 0.258 e. The van der Waals surface area contributed by atoms with Gasteiger partial charge in [0.25, 0.3) is 5.69 Å². The number of nitro groups is 1. The molecular weight excluding hydrogens is 275 g/mol. The molecule has 100 valence electrons. The molecule has 0 spiro atoms. The predicted octanol–water partition coefficient (Wildman–Crippen LogP) is 2.41. The van der Waals surface area contributed by atoms with Crippen molar-refractivity contribution in [3.63, 3.8) is 0 Å². The number of alkyl halides is 3. The lowest BCUT2D eigenvalue weighted by Gasteiger charge is -2.08. The summed E-state index contributed by atoms with van der Waals surface area (Å²) in [6, 6.07) is 1.35. The largest absolute Gasteiger partial charge is 0.416 e. The molecule has 0 fully saturated rings. The number of hydrogen-bond donors (Lipinski definition) is 0. The van der Waals surface area contributed by atoms with Gasteiger partial charge >= 0.3 is 6.18 Å². The first kappa shape index (κ1) is 14.4. The average molecular weight is 283 g/mol. The Bertz CT molecular complexity index is 580. The predicted molar refractivity (Wildman–Crippen MR) is 55.8 cm³/mol. The van der Waals surface area contributed by atoms with Gasteiger partial charge in [-0.15, -0.1) is 0 Å². The Balaban J connectivity index is 3.54. The minimum absolute atomic E-state index is 0.225. The fourth-order valence-corrected chi connectivity index (χ4v) is 2.29. The van der Waals surface area contributed by atoms with Gasteiger partial charge in [-0.1, -0.05) is 6.92 Å². The van der Waals surface area contributed by atoms with Crippen molar-refractivity contribution in [3.8, 4) is 0 Å². The van der Waals surface area contributed by atoms with Crippen LogP contribution in [0, 0.1) is 10.1 Å². The molecule has 5 nitrogen and oxygen atoms in total. The number of nitro benzene ring substituents is 1. The molecule has 0 N–H and O–H groups in total. The Hall–Kier alpha value is -1.64. The zero-order valence-corrected chi connectivity index (χ0v) is 9.88. The molecule has 0 bridgehead atoms. The summed E-state index contributed by atoms with van der Waals surface area (Å²) in [7, 11) is -3.95. The number of sulfone groups is 1. The zero-order chi connectivity index (χ0) is 14.1. The van der Waals surface area contributed by atoms with Crippen LogP contribution in [0.5, 0.6) is 0 Å². The molecular formula is C9H8F3NO4S. The maximum Gasteiger partial charge on any atom is 0.416 e. The summed E-state index contributed by atoms with van der Waals surface area (Å²) in [5.74, 6) is -0.431. The Morgan fingerprint density at radius 2 is 1.89 bits per heavy atom.